The first-order chi connectivity index (χ1) is 13.9. The van der Waals surface area contributed by atoms with Crippen LogP contribution in [-0.4, -0.2) is 46.7 Å². The molecule has 0 aromatic carbocycles. The normalized spacial score (nSPS) is 28.8. The summed E-state index contributed by atoms with van der Waals surface area (Å²) in [5.41, 5.74) is 1.33. The summed E-state index contributed by atoms with van der Waals surface area (Å²) in [6, 6.07) is 0. The number of carbonyl (C=O) groups is 1. The van der Waals surface area contributed by atoms with Gasteiger partial charge in [0, 0.05) is 37.7 Å². The Morgan fingerprint density at radius 3 is 2.86 bits per heavy atom. The van der Waals surface area contributed by atoms with Gasteiger partial charge in [-0.25, -0.2) is 0 Å². The van der Waals surface area contributed by atoms with Crippen molar-refractivity contribution in [3.63, 3.8) is 0 Å². The SMILES string of the molecule is CCC#CC[C@H](C)[C@H](O)C#C[C@@H]1[C@H]2CC(=CCOCCCC(=O)O)C[C@H]2C[C@H]1O. The molecule has 0 bridgehead atoms. The summed E-state index contributed by atoms with van der Waals surface area (Å²) in [6.45, 7) is 4.91. The maximum absolute atomic E-state index is 10.5. The first-order valence-electron chi connectivity index (χ1n) is 10.7. The molecule has 2 rings (SSSR count). The summed E-state index contributed by atoms with van der Waals surface area (Å²) in [5.74, 6) is 12.1. The average molecular weight is 403 g/mol. The molecular weight excluding hydrogens is 368 g/mol. The Morgan fingerprint density at radius 1 is 1.34 bits per heavy atom. The Morgan fingerprint density at radius 2 is 2.14 bits per heavy atom. The van der Waals surface area contributed by atoms with Crippen LogP contribution in [0.25, 0.3) is 0 Å². The number of carboxylic acids is 1. The highest BCUT2D eigenvalue weighted by Gasteiger charge is 2.45. The van der Waals surface area contributed by atoms with Crippen LogP contribution in [0.5, 0.6) is 0 Å². The quantitative estimate of drug-likeness (QED) is 0.330. The summed E-state index contributed by atoms with van der Waals surface area (Å²) in [7, 11) is 0. The molecule has 2 saturated carbocycles. The van der Waals surface area contributed by atoms with E-state index in [2.05, 4.69) is 29.8 Å². The van der Waals surface area contributed by atoms with Gasteiger partial charge in [0.2, 0.25) is 0 Å². The largest absolute Gasteiger partial charge is 0.481 e. The van der Waals surface area contributed by atoms with E-state index in [1.54, 1.807) is 0 Å². The fourth-order valence-corrected chi connectivity index (χ4v) is 4.21. The van der Waals surface area contributed by atoms with Crippen molar-refractivity contribution in [2.75, 3.05) is 13.2 Å². The van der Waals surface area contributed by atoms with E-state index >= 15 is 0 Å². The van der Waals surface area contributed by atoms with Crippen molar-refractivity contribution < 1.29 is 24.9 Å². The molecule has 0 amide bonds. The number of hydrogen-bond donors (Lipinski definition) is 3. The van der Waals surface area contributed by atoms with Gasteiger partial charge in [0.25, 0.3) is 0 Å². The molecular formula is C24H34O5. The number of rotatable bonds is 8. The Labute approximate surface area is 174 Å². The second kappa shape index (κ2) is 12.0. The first-order valence-corrected chi connectivity index (χ1v) is 10.7. The van der Waals surface area contributed by atoms with Gasteiger partial charge in [-0.05, 0) is 37.5 Å². The van der Waals surface area contributed by atoms with Gasteiger partial charge in [0.05, 0.1) is 12.7 Å². The fourth-order valence-electron chi connectivity index (χ4n) is 4.21. The van der Waals surface area contributed by atoms with Crippen molar-refractivity contribution in [1.82, 2.24) is 0 Å². The van der Waals surface area contributed by atoms with Crippen LogP contribution in [0.15, 0.2) is 11.6 Å². The highest BCUT2D eigenvalue weighted by atomic mass is 16.5. The standard InChI is InChI=1S/C24H34O5/c1-3-4-5-7-17(2)22(25)10-9-20-21-15-18(14-19(21)16-23(20)26)11-13-29-12-6-8-24(27)28/h11,17,19-23,25-26H,3,6-8,12-16H2,1-2H3,(H,27,28)/t17-,19-,20+,21-,22+,23+/m0/s1. The van der Waals surface area contributed by atoms with Crippen LogP contribution in [0, 0.1) is 47.4 Å². The zero-order valence-electron chi connectivity index (χ0n) is 17.6. The van der Waals surface area contributed by atoms with E-state index in [0.29, 0.717) is 37.9 Å². The molecule has 160 valence electrons. The maximum Gasteiger partial charge on any atom is 0.303 e. The average Bonchev–Trinajstić information content (AvgIpc) is 3.18. The van der Waals surface area contributed by atoms with Crippen LogP contribution in [0.2, 0.25) is 0 Å². The molecule has 0 aromatic heterocycles. The molecule has 0 saturated heterocycles. The number of carboxylic acid groups (broad SMARTS) is 1. The second-order valence-corrected chi connectivity index (χ2v) is 8.22. The van der Waals surface area contributed by atoms with Gasteiger partial charge in [-0.3, -0.25) is 4.79 Å². The van der Waals surface area contributed by atoms with E-state index in [9.17, 15) is 15.0 Å². The highest BCUT2D eigenvalue weighted by Crippen LogP contribution is 2.49. The van der Waals surface area contributed by atoms with Crippen molar-refractivity contribution in [3.05, 3.63) is 11.6 Å². The Hall–Kier alpha value is -1.79. The molecule has 29 heavy (non-hydrogen) atoms. The zero-order valence-corrected chi connectivity index (χ0v) is 17.6. The minimum atomic E-state index is -0.797. The maximum atomic E-state index is 10.5. The van der Waals surface area contributed by atoms with Gasteiger partial charge in [-0.15, -0.1) is 11.8 Å². The van der Waals surface area contributed by atoms with Crippen LogP contribution in [-0.2, 0) is 9.53 Å². The van der Waals surface area contributed by atoms with Crippen LogP contribution >= 0.6 is 0 Å². The molecule has 2 aliphatic carbocycles. The lowest BCUT2D eigenvalue weighted by Gasteiger charge is -2.16. The lowest BCUT2D eigenvalue weighted by atomic mass is 9.91. The van der Waals surface area contributed by atoms with E-state index in [1.165, 1.54) is 5.57 Å². The number of aliphatic hydroxyl groups is 2. The van der Waals surface area contributed by atoms with Crippen LogP contribution in [0.1, 0.15) is 58.8 Å². The molecule has 0 unspecified atom stereocenters. The van der Waals surface area contributed by atoms with Crippen molar-refractivity contribution in [1.29, 1.82) is 0 Å². The summed E-state index contributed by atoms with van der Waals surface area (Å²) in [6.07, 6.45) is 5.69. The molecule has 2 aliphatic rings. The third kappa shape index (κ3) is 7.52. The third-order valence-electron chi connectivity index (χ3n) is 5.88. The van der Waals surface area contributed by atoms with Crippen LogP contribution in [0.4, 0.5) is 0 Å². The number of ether oxygens (including phenoxy) is 1. The zero-order chi connectivity index (χ0) is 21.2. The van der Waals surface area contributed by atoms with Crippen LogP contribution < -0.4 is 0 Å². The molecule has 0 radical (unpaired) electrons. The monoisotopic (exact) mass is 402 g/mol. The van der Waals surface area contributed by atoms with Gasteiger partial charge >= 0.3 is 5.97 Å². The van der Waals surface area contributed by atoms with E-state index < -0.39 is 18.2 Å². The highest BCUT2D eigenvalue weighted by molar-refractivity contribution is 5.66. The predicted molar refractivity (Wildman–Crippen MR) is 112 cm³/mol. The lowest BCUT2D eigenvalue weighted by molar-refractivity contribution is -0.137. The first kappa shape index (κ1) is 23.5. The van der Waals surface area contributed by atoms with Crippen molar-refractivity contribution >= 4 is 5.97 Å². The Kier molecular flexibility index (Phi) is 9.74. The molecule has 2 fully saturated rings. The van der Waals surface area contributed by atoms with E-state index in [-0.39, 0.29) is 18.3 Å². The van der Waals surface area contributed by atoms with Gasteiger partial charge < -0.3 is 20.1 Å². The van der Waals surface area contributed by atoms with E-state index in [1.807, 2.05) is 13.8 Å². The van der Waals surface area contributed by atoms with Crippen molar-refractivity contribution in [2.24, 2.45) is 23.7 Å². The Bertz CT molecular complexity index is 690. The third-order valence-corrected chi connectivity index (χ3v) is 5.88. The Balaban J connectivity index is 1.83. The molecule has 0 spiro atoms. The molecule has 0 aliphatic heterocycles. The number of allylic oxidation sites excluding steroid dienone is 1. The molecule has 0 aromatic rings. The molecule has 0 heterocycles. The lowest BCUT2D eigenvalue weighted by Crippen LogP contribution is -2.19. The smallest absolute Gasteiger partial charge is 0.303 e. The van der Waals surface area contributed by atoms with Gasteiger partial charge in [-0.1, -0.05) is 37.3 Å². The number of hydrogen-bond acceptors (Lipinski definition) is 4. The fraction of sp³-hybridized carbons (Fsp3) is 0.708. The minimum absolute atomic E-state index is 0.00629. The van der Waals surface area contributed by atoms with Gasteiger partial charge in [0.1, 0.15) is 6.10 Å². The predicted octanol–water partition coefficient (Wildman–Crippen LogP) is 3.01. The number of aliphatic hydroxyl groups excluding tert-OH is 2. The minimum Gasteiger partial charge on any atom is -0.481 e. The number of fused-ring (bicyclic) bond motifs is 1. The topological polar surface area (TPSA) is 87.0 Å². The van der Waals surface area contributed by atoms with Crippen LogP contribution in [0.3, 0.4) is 0 Å². The second-order valence-electron chi connectivity index (χ2n) is 8.22. The molecule has 5 nitrogen and oxygen atoms in total. The molecule has 6 atom stereocenters. The van der Waals surface area contributed by atoms with Gasteiger partial charge in [-0.2, -0.15) is 0 Å². The van der Waals surface area contributed by atoms with Crippen molar-refractivity contribution in [3.8, 4) is 23.7 Å². The summed E-state index contributed by atoms with van der Waals surface area (Å²) >= 11 is 0. The van der Waals surface area contributed by atoms with Crippen molar-refractivity contribution in [2.45, 2.75) is 71.0 Å². The van der Waals surface area contributed by atoms with Gasteiger partial charge in [0.15, 0.2) is 0 Å². The summed E-state index contributed by atoms with van der Waals surface area (Å²) in [5, 5.41) is 29.3. The summed E-state index contributed by atoms with van der Waals surface area (Å²) in [4.78, 5) is 10.5. The molecule has 3 N–H and O–H groups in total. The summed E-state index contributed by atoms with van der Waals surface area (Å²) < 4.78 is 5.50. The number of aliphatic carboxylic acids is 1. The molecule has 5 heteroatoms. The van der Waals surface area contributed by atoms with E-state index in [4.69, 9.17) is 9.84 Å². The van der Waals surface area contributed by atoms with E-state index in [0.717, 1.165) is 25.7 Å².